The van der Waals surface area contributed by atoms with Crippen molar-refractivity contribution in [3.05, 3.63) is 0 Å². The van der Waals surface area contributed by atoms with Crippen LogP contribution in [0.15, 0.2) is 0 Å². The van der Waals surface area contributed by atoms with Crippen molar-refractivity contribution in [3.63, 3.8) is 0 Å². The van der Waals surface area contributed by atoms with Gasteiger partial charge in [0, 0.05) is 19.6 Å². The van der Waals surface area contributed by atoms with Gasteiger partial charge in [-0.15, -0.1) is 0 Å². The molecule has 0 aliphatic carbocycles. The molecule has 0 fully saturated rings. The van der Waals surface area contributed by atoms with Gasteiger partial charge in [0.15, 0.2) is 0 Å². The topological polar surface area (TPSA) is 46.3 Å². The van der Waals surface area contributed by atoms with Crippen molar-refractivity contribution in [2.45, 2.75) is 33.7 Å². The minimum absolute atomic E-state index is 0.0348. The van der Waals surface area contributed by atoms with Crippen molar-refractivity contribution in [2.75, 3.05) is 13.6 Å². The van der Waals surface area contributed by atoms with E-state index in [0.29, 0.717) is 12.5 Å². The fraction of sp³-hybridized carbons (Fsp3) is 0.900. The highest BCUT2D eigenvalue weighted by molar-refractivity contribution is 5.79. The summed E-state index contributed by atoms with van der Waals surface area (Å²) in [4.78, 5) is 13.6. The van der Waals surface area contributed by atoms with Crippen LogP contribution in [0.5, 0.6) is 0 Å². The number of carbonyl (C=O) groups is 1. The zero-order valence-corrected chi connectivity index (χ0v) is 9.37. The van der Waals surface area contributed by atoms with Crippen LogP contribution in [0.2, 0.25) is 0 Å². The van der Waals surface area contributed by atoms with Crippen LogP contribution in [-0.2, 0) is 4.79 Å². The summed E-state index contributed by atoms with van der Waals surface area (Å²) in [5, 5.41) is 0. The summed E-state index contributed by atoms with van der Waals surface area (Å²) >= 11 is 0. The third-order valence-electron chi connectivity index (χ3n) is 2.50. The molecule has 1 unspecified atom stereocenters. The Morgan fingerprint density at radius 3 is 2.00 bits per heavy atom. The second-order valence-corrected chi connectivity index (χ2v) is 4.13. The van der Waals surface area contributed by atoms with E-state index in [1.165, 1.54) is 0 Å². The Hall–Kier alpha value is -0.570. The lowest BCUT2D eigenvalue weighted by molar-refractivity contribution is -0.136. The maximum absolute atomic E-state index is 11.8. The van der Waals surface area contributed by atoms with Gasteiger partial charge < -0.3 is 10.6 Å². The van der Waals surface area contributed by atoms with E-state index in [2.05, 4.69) is 0 Å². The maximum atomic E-state index is 11.8. The smallest absolute Gasteiger partial charge is 0.227 e. The summed E-state index contributed by atoms with van der Waals surface area (Å²) in [6, 6.07) is 0.250. The molecule has 0 aliphatic rings. The van der Waals surface area contributed by atoms with Gasteiger partial charge in [0.25, 0.3) is 0 Å². The Labute approximate surface area is 81.3 Å². The number of hydrogen-bond donors (Lipinski definition) is 1. The molecule has 0 saturated heterocycles. The first-order valence-corrected chi connectivity index (χ1v) is 4.88. The summed E-state index contributed by atoms with van der Waals surface area (Å²) in [6.07, 6.45) is 0. The van der Waals surface area contributed by atoms with Gasteiger partial charge in [-0.1, -0.05) is 13.8 Å². The Morgan fingerprint density at radius 2 is 1.77 bits per heavy atom. The number of amides is 1. The Balaban J connectivity index is 4.37. The highest BCUT2D eigenvalue weighted by Crippen LogP contribution is 2.13. The molecule has 3 nitrogen and oxygen atoms in total. The van der Waals surface area contributed by atoms with Crippen LogP contribution in [0.1, 0.15) is 27.7 Å². The van der Waals surface area contributed by atoms with Crippen LogP contribution in [0, 0.1) is 11.8 Å². The van der Waals surface area contributed by atoms with Crippen LogP contribution < -0.4 is 5.73 Å². The second-order valence-electron chi connectivity index (χ2n) is 4.13. The lowest BCUT2D eigenvalue weighted by atomic mass is 9.94. The molecule has 0 heterocycles. The molecular weight excluding hydrogens is 164 g/mol. The molecule has 78 valence electrons. The van der Waals surface area contributed by atoms with E-state index in [4.69, 9.17) is 5.73 Å². The van der Waals surface area contributed by atoms with E-state index in [9.17, 15) is 4.79 Å². The van der Waals surface area contributed by atoms with Gasteiger partial charge in [-0.3, -0.25) is 4.79 Å². The average molecular weight is 186 g/mol. The number of nitrogens with two attached hydrogens (primary N) is 1. The molecule has 13 heavy (non-hydrogen) atoms. The monoisotopic (exact) mass is 186 g/mol. The van der Waals surface area contributed by atoms with Crippen molar-refractivity contribution in [1.82, 2.24) is 4.90 Å². The summed E-state index contributed by atoms with van der Waals surface area (Å²) in [5.74, 6) is 0.443. The third kappa shape index (κ3) is 3.35. The summed E-state index contributed by atoms with van der Waals surface area (Å²) < 4.78 is 0. The van der Waals surface area contributed by atoms with E-state index in [1.54, 1.807) is 4.90 Å². The van der Waals surface area contributed by atoms with Crippen LogP contribution in [0.4, 0.5) is 0 Å². The van der Waals surface area contributed by atoms with Gasteiger partial charge >= 0.3 is 0 Å². The molecule has 0 spiro atoms. The fourth-order valence-corrected chi connectivity index (χ4v) is 1.17. The zero-order chi connectivity index (χ0) is 10.6. The molecule has 0 radical (unpaired) electrons. The fourth-order valence-electron chi connectivity index (χ4n) is 1.17. The van der Waals surface area contributed by atoms with Crippen molar-refractivity contribution in [1.29, 1.82) is 0 Å². The molecule has 0 aromatic rings. The van der Waals surface area contributed by atoms with Gasteiger partial charge in [-0.2, -0.15) is 0 Å². The Kier molecular flexibility index (Phi) is 4.99. The molecule has 0 bridgehead atoms. The zero-order valence-electron chi connectivity index (χ0n) is 9.37. The first kappa shape index (κ1) is 12.4. The first-order chi connectivity index (χ1) is 5.91. The molecule has 2 N–H and O–H groups in total. The minimum atomic E-state index is -0.0348. The standard InChI is InChI=1S/C10H22N2O/c1-7(2)9(6-11)10(13)12(5)8(3)4/h7-9H,6,11H2,1-5H3. The van der Waals surface area contributed by atoms with Gasteiger partial charge in [0.2, 0.25) is 5.91 Å². The maximum Gasteiger partial charge on any atom is 0.227 e. The number of nitrogens with zero attached hydrogens (tertiary/aromatic N) is 1. The van der Waals surface area contributed by atoms with E-state index in [0.717, 1.165) is 0 Å². The molecule has 0 rings (SSSR count). The largest absolute Gasteiger partial charge is 0.343 e. The van der Waals surface area contributed by atoms with Crippen molar-refractivity contribution in [2.24, 2.45) is 17.6 Å². The number of hydrogen-bond acceptors (Lipinski definition) is 2. The molecule has 0 saturated carbocycles. The van der Waals surface area contributed by atoms with Gasteiger partial charge in [0.05, 0.1) is 5.92 Å². The minimum Gasteiger partial charge on any atom is -0.343 e. The van der Waals surface area contributed by atoms with E-state index in [-0.39, 0.29) is 17.9 Å². The van der Waals surface area contributed by atoms with Crippen molar-refractivity contribution >= 4 is 5.91 Å². The normalized spacial score (nSPS) is 13.5. The van der Waals surface area contributed by atoms with Crippen LogP contribution in [0.3, 0.4) is 0 Å². The van der Waals surface area contributed by atoms with Crippen LogP contribution in [-0.4, -0.2) is 30.4 Å². The number of carbonyl (C=O) groups excluding carboxylic acids is 1. The molecular formula is C10H22N2O. The predicted octanol–water partition coefficient (Wildman–Crippen LogP) is 1.08. The average Bonchev–Trinajstić information content (AvgIpc) is 2.03. The van der Waals surface area contributed by atoms with E-state index in [1.807, 2.05) is 34.7 Å². The van der Waals surface area contributed by atoms with E-state index >= 15 is 0 Å². The first-order valence-electron chi connectivity index (χ1n) is 4.88. The third-order valence-corrected chi connectivity index (χ3v) is 2.50. The highest BCUT2D eigenvalue weighted by Gasteiger charge is 2.24. The van der Waals surface area contributed by atoms with Gasteiger partial charge in [-0.05, 0) is 19.8 Å². The van der Waals surface area contributed by atoms with Crippen molar-refractivity contribution < 1.29 is 4.79 Å². The molecule has 0 aromatic carbocycles. The van der Waals surface area contributed by atoms with Crippen molar-refractivity contribution in [3.8, 4) is 0 Å². The Bertz CT molecular complexity index is 166. The van der Waals surface area contributed by atoms with Gasteiger partial charge in [-0.25, -0.2) is 0 Å². The molecule has 0 aromatic heterocycles. The van der Waals surface area contributed by atoms with Crippen LogP contribution in [0.25, 0.3) is 0 Å². The number of rotatable bonds is 4. The summed E-state index contributed by atoms with van der Waals surface area (Å²) in [7, 11) is 1.83. The lowest BCUT2D eigenvalue weighted by Crippen LogP contribution is -2.42. The van der Waals surface area contributed by atoms with E-state index < -0.39 is 0 Å². The Morgan fingerprint density at radius 1 is 1.31 bits per heavy atom. The lowest BCUT2D eigenvalue weighted by Gasteiger charge is -2.28. The molecule has 3 heteroatoms. The summed E-state index contributed by atoms with van der Waals surface area (Å²) in [5.41, 5.74) is 5.57. The quantitative estimate of drug-likeness (QED) is 0.714. The van der Waals surface area contributed by atoms with Crippen LogP contribution >= 0.6 is 0 Å². The van der Waals surface area contributed by atoms with Gasteiger partial charge in [0.1, 0.15) is 0 Å². The SMILES string of the molecule is CC(C)C(CN)C(=O)N(C)C(C)C. The molecule has 0 aliphatic heterocycles. The highest BCUT2D eigenvalue weighted by atomic mass is 16.2. The summed E-state index contributed by atoms with van der Waals surface area (Å²) in [6.45, 7) is 8.51. The second kappa shape index (κ2) is 5.22. The predicted molar refractivity (Wildman–Crippen MR) is 55.3 cm³/mol. The molecule has 1 amide bonds. The molecule has 1 atom stereocenters.